The molecule has 296 valence electrons. The molecule has 10 rings (SSSR count). The molecule has 58 heavy (non-hydrogen) atoms. The van der Waals surface area contributed by atoms with Gasteiger partial charge in [-0.05, 0) is 103 Å². The van der Waals surface area contributed by atoms with Crippen LogP contribution in [0.2, 0.25) is 0 Å². The van der Waals surface area contributed by atoms with Crippen LogP contribution in [0.3, 0.4) is 0 Å². The molecule has 0 amide bonds. The van der Waals surface area contributed by atoms with Crippen molar-refractivity contribution in [2.75, 3.05) is 50.8 Å². The van der Waals surface area contributed by atoms with Crippen LogP contribution < -0.4 is 28.7 Å². The monoisotopic (exact) mass is 772 g/mol. The Hall–Kier alpha value is -5.96. The van der Waals surface area contributed by atoms with Crippen molar-refractivity contribution in [2.24, 2.45) is 0 Å². The van der Waals surface area contributed by atoms with Gasteiger partial charge in [0.05, 0.1) is 0 Å². The Bertz CT molecular complexity index is 2210. The topological polar surface area (TPSA) is 49.9 Å². The van der Waals surface area contributed by atoms with Crippen LogP contribution in [0.15, 0.2) is 133 Å². The molecule has 0 atom stereocenters. The second-order valence-electron chi connectivity index (χ2n) is 16.5. The highest BCUT2D eigenvalue weighted by Gasteiger charge is 2.27. The summed E-state index contributed by atoms with van der Waals surface area (Å²) in [5, 5.41) is 0. The van der Waals surface area contributed by atoms with E-state index in [2.05, 4.69) is 157 Å². The summed E-state index contributed by atoms with van der Waals surface area (Å²) < 4.78 is 23.4. The molecule has 6 aromatic rings. The number of fused-ring (bicyclic) bond motifs is 4. The molecule has 6 aromatic carbocycles. The van der Waals surface area contributed by atoms with Crippen LogP contribution in [0, 0.1) is 0 Å². The van der Waals surface area contributed by atoms with Crippen molar-refractivity contribution < 1.29 is 18.9 Å². The number of rotatable bonds is 6. The van der Waals surface area contributed by atoms with E-state index >= 15 is 0 Å². The van der Waals surface area contributed by atoms with Gasteiger partial charge in [-0.15, -0.1) is 0 Å². The van der Waals surface area contributed by atoms with Crippen molar-refractivity contribution in [1.29, 1.82) is 0 Å². The predicted molar refractivity (Wildman–Crippen MR) is 231 cm³/mol. The Kier molecular flexibility index (Phi) is 10.5. The van der Waals surface area contributed by atoms with E-state index < -0.39 is 0 Å². The molecule has 8 heteroatoms. The molecule has 0 aliphatic carbocycles. The standard InChI is InChI=1S/C29H26N2O2.C21H26N2O2/c1-3-7-28-24(5-1)18-30(20-32-28)26-13-9-22(10-14-26)17-23-11-15-27(16-12-23)31-19-25-6-2-4-8-29(25)33-21-31;1-21(2,17-5-7-19-15(9-17)11-22(3)13-24-19)18-6-8-20-16(10-18)12-23(4)14-25-20/h1-16H,17-21H2;5-10H,11-14H2,1-4H3. The SMILES string of the molecule is CN1COc2ccc(C(C)(C)c3ccc4c(c3)CN(C)CO4)cc2C1.c1ccc2c(c1)CN(c1ccc(Cc3ccc(N4COc5ccccc5C4)cc3)cc1)CO2. The van der Waals surface area contributed by atoms with Crippen molar-refractivity contribution >= 4 is 11.4 Å². The van der Waals surface area contributed by atoms with Gasteiger partial charge < -0.3 is 28.7 Å². The molecular weight excluding hydrogens is 721 g/mol. The van der Waals surface area contributed by atoms with Gasteiger partial charge in [-0.2, -0.15) is 0 Å². The van der Waals surface area contributed by atoms with E-state index in [0.717, 1.165) is 55.6 Å². The summed E-state index contributed by atoms with van der Waals surface area (Å²) in [7, 11) is 4.17. The highest BCUT2D eigenvalue weighted by molar-refractivity contribution is 5.54. The maximum absolute atomic E-state index is 5.91. The molecule has 4 aliphatic rings. The largest absolute Gasteiger partial charge is 0.478 e. The Balaban J connectivity index is 0.000000156. The van der Waals surface area contributed by atoms with Gasteiger partial charge in [0.15, 0.2) is 13.5 Å². The van der Waals surface area contributed by atoms with Gasteiger partial charge in [0, 0.05) is 65.2 Å². The lowest BCUT2D eigenvalue weighted by atomic mass is 9.77. The molecule has 0 bridgehead atoms. The quantitative estimate of drug-likeness (QED) is 0.166. The minimum absolute atomic E-state index is 0.0733. The minimum Gasteiger partial charge on any atom is -0.478 e. The van der Waals surface area contributed by atoms with Crippen LogP contribution in [-0.4, -0.2) is 50.8 Å². The van der Waals surface area contributed by atoms with Gasteiger partial charge in [0.25, 0.3) is 0 Å². The Morgan fingerprint density at radius 1 is 0.431 bits per heavy atom. The molecule has 0 saturated heterocycles. The second kappa shape index (κ2) is 16.1. The van der Waals surface area contributed by atoms with Crippen molar-refractivity contribution in [1.82, 2.24) is 9.80 Å². The first-order chi connectivity index (χ1) is 28.2. The lowest BCUT2D eigenvalue weighted by Gasteiger charge is -2.32. The van der Waals surface area contributed by atoms with E-state index in [1.54, 1.807) is 0 Å². The Morgan fingerprint density at radius 2 is 0.828 bits per heavy atom. The summed E-state index contributed by atoms with van der Waals surface area (Å²) in [5.41, 5.74) is 12.5. The van der Waals surface area contributed by atoms with E-state index in [9.17, 15) is 0 Å². The first kappa shape index (κ1) is 37.6. The van der Waals surface area contributed by atoms with Gasteiger partial charge in [-0.25, -0.2) is 0 Å². The first-order valence-corrected chi connectivity index (χ1v) is 20.2. The molecule has 4 aliphatic heterocycles. The number of benzene rings is 6. The Labute approximate surface area is 342 Å². The number of nitrogens with zero attached hydrogens (tertiary/aromatic N) is 4. The maximum atomic E-state index is 5.91. The van der Waals surface area contributed by atoms with Gasteiger partial charge in [0.1, 0.15) is 36.5 Å². The molecule has 0 unspecified atom stereocenters. The van der Waals surface area contributed by atoms with Crippen LogP contribution in [0.5, 0.6) is 23.0 Å². The fourth-order valence-corrected chi connectivity index (χ4v) is 8.23. The van der Waals surface area contributed by atoms with E-state index in [1.165, 1.54) is 55.9 Å². The molecule has 0 saturated carbocycles. The predicted octanol–water partition coefficient (Wildman–Crippen LogP) is 9.57. The van der Waals surface area contributed by atoms with E-state index in [0.29, 0.717) is 26.9 Å². The van der Waals surface area contributed by atoms with E-state index in [4.69, 9.17) is 18.9 Å². The van der Waals surface area contributed by atoms with Crippen LogP contribution in [0.4, 0.5) is 11.4 Å². The van der Waals surface area contributed by atoms with Crippen molar-refractivity contribution in [3.63, 3.8) is 0 Å². The summed E-state index contributed by atoms with van der Waals surface area (Å²) >= 11 is 0. The number of anilines is 2. The maximum Gasteiger partial charge on any atom is 0.161 e. The number of hydrogen-bond acceptors (Lipinski definition) is 8. The van der Waals surface area contributed by atoms with Gasteiger partial charge in [-0.1, -0.05) is 86.6 Å². The third-order valence-electron chi connectivity index (χ3n) is 11.8. The zero-order valence-electron chi connectivity index (χ0n) is 34.0. The van der Waals surface area contributed by atoms with Crippen molar-refractivity contribution in [3.05, 3.63) is 178 Å². The molecular formula is C50H52N4O4. The summed E-state index contributed by atoms with van der Waals surface area (Å²) in [6.45, 7) is 10.7. The molecule has 8 nitrogen and oxygen atoms in total. The van der Waals surface area contributed by atoms with Gasteiger partial charge in [-0.3, -0.25) is 9.80 Å². The molecule has 0 aromatic heterocycles. The summed E-state index contributed by atoms with van der Waals surface area (Å²) in [4.78, 5) is 8.90. The van der Waals surface area contributed by atoms with Crippen LogP contribution in [0.1, 0.15) is 58.4 Å². The third kappa shape index (κ3) is 8.08. The lowest BCUT2D eigenvalue weighted by Crippen LogP contribution is -2.31. The van der Waals surface area contributed by atoms with Crippen molar-refractivity contribution in [2.45, 2.75) is 51.9 Å². The molecule has 4 heterocycles. The van der Waals surface area contributed by atoms with E-state index in [-0.39, 0.29) is 5.41 Å². The highest BCUT2D eigenvalue weighted by Crippen LogP contribution is 2.38. The lowest BCUT2D eigenvalue weighted by molar-refractivity contribution is 0.121. The molecule has 0 spiro atoms. The molecule has 0 N–H and O–H groups in total. The smallest absolute Gasteiger partial charge is 0.161 e. The van der Waals surface area contributed by atoms with Crippen LogP contribution >= 0.6 is 0 Å². The third-order valence-corrected chi connectivity index (χ3v) is 11.8. The summed E-state index contributed by atoms with van der Waals surface area (Å²) in [6.07, 6.45) is 0.916. The fourth-order valence-electron chi connectivity index (χ4n) is 8.23. The summed E-state index contributed by atoms with van der Waals surface area (Å²) in [6, 6.07) is 47.4. The second-order valence-corrected chi connectivity index (χ2v) is 16.5. The number of para-hydroxylation sites is 2. The fraction of sp³-hybridized carbons (Fsp3) is 0.280. The average molecular weight is 773 g/mol. The highest BCUT2D eigenvalue weighted by atomic mass is 16.5. The normalized spacial score (nSPS) is 16.1. The number of hydrogen-bond donors (Lipinski definition) is 0. The van der Waals surface area contributed by atoms with Gasteiger partial charge >= 0.3 is 0 Å². The van der Waals surface area contributed by atoms with Crippen LogP contribution in [0.25, 0.3) is 0 Å². The first-order valence-electron chi connectivity index (χ1n) is 20.2. The molecule has 0 fully saturated rings. The summed E-state index contributed by atoms with van der Waals surface area (Å²) in [5.74, 6) is 4.01. The van der Waals surface area contributed by atoms with Crippen LogP contribution in [-0.2, 0) is 38.0 Å². The zero-order valence-corrected chi connectivity index (χ0v) is 34.0. The average Bonchev–Trinajstić information content (AvgIpc) is 3.26. The van der Waals surface area contributed by atoms with Crippen molar-refractivity contribution in [3.8, 4) is 23.0 Å². The van der Waals surface area contributed by atoms with Gasteiger partial charge in [0.2, 0.25) is 0 Å². The zero-order chi connectivity index (χ0) is 39.6. The Morgan fingerprint density at radius 3 is 1.28 bits per heavy atom. The molecule has 0 radical (unpaired) electrons. The number of ether oxygens (including phenoxy) is 4. The minimum atomic E-state index is -0.0733. The van der Waals surface area contributed by atoms with E-state index in [1.807, 2.05) is 24.3 Å².